The molecule has 6 aromatic carbocycles. The molecule has 12 rings (SSSR count). The molecule has 3 fully saturated rings. The maximum absolute atomic E-state index is 9.52. The van der Waals surface area contributed by atoms with Crippen LogP contribution in [0.4, 0.5) is 0 Å². The summed E-state index contributed by atoms with van der Waals surface area (Å²) in [6.07, 6.45) is 13.7. The van der Waals surface area contributed by atoms with Gasteiger partial charge in [-0.15, -0.1) is 0 Å². The Labute approximate surface area is 572 Å². The Balaban J connectivity index is 0.000000146. The first-order valence-corrected chi connectivity index (χ1v) is 35.9. The molecule has 8 nitrogen and oxygen atoms in total. The summed E-state index contributed by atoms with van der Waals surface area (Å²) in [5.41, 5.74) is 17.1. The Kier molecular flexibility index (Phi) is 21.1. The van der Waals surface area contributed by atoms with Crippen molar-refractivity contribution in [3.63, 3.8) is 0 Å². The predicted molar refractivity (Wildman–Crippen MR) is 388 cm³/mol. The molecule has 0 aromatic heterocycles. The second-order valence-electron chi connectivity index (χ2n) is 29.2. The average Bonchev–Trinajstić information content (AvgIpc) is 1.59. The topological polar surface area (TPSA) is 103 Å². The van der Waals surface area contributed by atoms with Crippen LogP contribution in [0.25, 0.3) is 33.4 Å². The highest BCUT2D eigenvalue weighted by Gasteiger charge is 2.64. The standard InChI is InChI=1S/C26H32BNO2.C20H20BrN.C19H20Br2.C12H24B2O4/c1-7-13-26(14-8-2)22-15-18(17-28)9-11-20(22)21-12-10-19(16-23(21)26)27-29-24(3,4)25(5,6)30-27;1-3-9-20(10-4-2)18-11-14(13-22)5-7-16(18)17-8-6-15(21)12-19(17)20;1-3-9-19(10-4-2)17-11-13(20)5-7-15(17)16-8-6-14(21)12-18(16)19;1-9(2)10(3,4)16-13(15-9)14-17-11(5,6)12(7,8)18-14/h9-12,15-16H,7-8,13-14H2,1-6H3;5-8,11-12H,3-4,9-10H2,1-2H3;5-8,11-12H,3-4,9-10H2,1-2H3;1-8H3. The lowest BCUT2D eigenvalue weighted by atomic mass is 9.49. The van der Waals surface area contributed by atoms with E-state index in [0.29, 0.717) is 0 Å². The van der Waals surface area contributed by atoms with Gasteiger partial charge in [-0.05, 0) is 254 Å². The van der Waals surface area contributed by atoms with Crippen LogP contribution in [0.2, 0.25) is 0 Å². The van der Waals surface area contributed by atoms with Crippen LogP contribution in [0.1, 0.15) is 246 Å². The minimum atomic E-state index is -0.476. The van der Waals surface area contributed by atoms with E-state index >= 15 is 0 Å². The molecule has 3 aliphatic carbocycles. The van der Waals surface area contributed by atoms with Gasteiger partial charge in [0.1, 0.15) is 0 Å². The molecule has 3 saturated heterocycles. The number of fused-ring (bicyclic) bond motifs is 9. The molecule has 0 saturated carbocycles. The summed E-state index contributed by atoms with van der Waals surface area (Å²) in [6.45, 7) is 38.2. The molecule has 14 heteroatoms. The van der Waals surface area contributed by atoms with Crippen LogP contribution in [0.15, 0.2) is 123 Å². The molecule has 3 heterocycles. The van der Waals surface area contributed by atoms with Crippen LogP contribution in [0, 0.1) is 22.7 Å². The Morgan fingerprint density at radius 1 is 0.319 bits per heavy atom. The highest BCUT2D eigenvalue weighted by atomic mass is 79.9. The molecular formula is C77H96B3Br3N2O6. The lowest BCUT2D eigenvalue weighted by molar-refractivity contribution is 0.00578. The number of hydrogen-bond donors (Lipinski definition) is 0. The molecule has 480 valence electrons. The summed E-state index contributed by atoms with van der Waals surface area (Å²) in [7, 11) is -1.31. The molecular weight excluding hydrogens is 1320 g/mol. The van der Waals surface area contributed by atoms with Crippen molar-refractivity contribution in [1.82, 2.24) is 0 Å². The quantitative estimate of drug-likeness (QED) is 0.0994. The fraction of sp³-hybridized carbons (Fsp3) is 0.506. The van der Waals surface area contributed by atoms with Gasteiger partial charge < -0.3 is 27.9 Å². The number of halogens is 3. The lowest BCUT2D eigenvalue weighted by Gasteiger charge is -2.32. The Hall–Kier alpha value is -4.31. The first kappa shape index (κ1) is 71.0. The second-order valence-corrected chi connectivity index (χ2v) is 32.0. The van der Waals surface area contributed by atoms with Gasteiger partial charge in [0.05, 0.1) is 56.9 Å². The molecule has 0 N–H and O–H groups in total. The Bertz CT molecular complexity index is 3600. The number of benzene rings is 6. The zero-order valence-corrected chi connectivity index (χ0v) is 62.3. The van der Waals surface area contributed by atoms with Crippen LogP contribution in [0.3, 0.4) is 0 Å². The third kappa shape index (κ3) is 13.0. The fourth-order valence-corrected chi connectivity index (χ4v) is 16.3. The summed E-state index contributed by atoms with van der Waals surface area (Å²) in [4.78, 5) is 0. The number of rotatable bonds is 14. The van der Waals surface area contributed by atoms with Gasteiger partial charge >= 0.3 is 21.1 Å². The van der Waals surface area contributed by atoms with Crippen molar-refractivity contribution in [3.8, 4) is 45.5 Å². The average molecular weight is 1420 g/mol. The second kappa shape index (κ2) is 27.1. The predicted octanol–water partition coefficient (Wildman–Crippen LogP) is 21.2. The van der Waals surface area contributed by atoms with Crippen molar-refractivity contribution in [2.45, 2.75) is 252 Å². The van der Waals surface area contributed by atoms with E-state index in [1.54, 1.807) is 0 Å². The monoisotopic (exact) mass is 1410 g/mol. The third-order valence-electron chi connectivity index (χ3n) is 21.6. The molecule has 0 atom stereocenters. The van der Waals surface area contributed by atoms with E-state index in [9.17, 15) is 10.5 Å². The van der Waals surface area contributed by atoms with Crippen molar-refractivity contribution in [2.75, 3.05) is 0 Å². The van der Waals surface area contributed by atoms with E-state index in [-0.39, 0.29) is 57.0 Å². The van der Waals surface area contributed by atoms with Gasteiger partial charge in [0.25, 0.3) is 0 Å². The van der Waals surface area contributed by atoms with Crippen LogP contribution < -0.4 is 5.46 Å². The zero-order valence-electron chi connectivity index (χ0n) is 57.6. The van der Waals surface area contributed by atoms with Crippen molar-refractivity contribution in [1.29, 1.82) is 10.5 Å². The molecule has 3 aliphatic heterocycles. The first-order chi connectivity index (χ1) is 42.8. The molecule has 0 amide bonds. The van der Waals surface area contributed by atoms with Crippen molar-refractivity contribution in [2.24, 2.45) is 0 Å². The minimum Gasteiger partial charge on any atom is -0.405 e. The molecule has 91 heavy (non-hydrogen) atoms. The molecule has 0 unspecified atom stereocenters. The van der Waals surface area contributed by atoms with Gasteiger partial charge in [-0.3, -0.25) is 0 Å². The number of nitrogens with zero attached hydrogens (tertiary/aromatic N) is 2. The molecule has 6 aromatic rings. The summed E-state index contributed by atoms with van der Waals surface area (Å²) in [6, 6.07) is 43.9. The van der Waals surface area contributed by atoms with Crippen LogP contribution in [0.5, 0.6) is 0 Å². The lowest BCUT2D eigenvalue weighted by Crippen LogP contribution is -2.41. The molecule has 6 aliphatic rings. The minimum absolute atomic E-state index is 0.0549. The van der Waals surface area contributed by atoms with Gasteiger partial charge in [0.15, 0.2) is 0 Å². The highest BCUT2D eigenvalue weighted by Crippen LogP contribution is 2.58. The van der Waals surface area contributed by atoms with Crippen LogP contribution >= 0.6 is 47.8 Å². The smallest absolute Gasteiger partial charge is 0.405 e. The van der Waals surface area contributed by atoms with Crippen LogP contribution in [-0.2, 0) is 44.2 Å². The summed E-state index contributed by atoms with van der Waals surface area (Å²) in [5.74, 6) is 0. The third-order valence-corrected chi connectivity index (χ3v) is 23.1. The van der Waals surface area contributed by atoms with Gasteiger partial charge in [-0.25, -0.2) is 0 Å². The van der Waals surface area contributed by atoms with Crippen molar-refractivity contribution in [3.05, 3.63) is 167 Å². The number of hydrogen-bond acceptors (Lipinski definition) is 8. The molecule has 0 spiro atoms. The van der Waals surface area contributed by atoms with E-state index < -0.39 is 14.0 Å². The van der Waals surface area contributed by atoms with Gasteiger partial charge in [-0.2, -0.15) is 10.5 Å². The van der Waals surface area contributed by atoms with Crippen molar-refractivity contribution < 1.29 is 27.9 Å². The van der Waals surface area contributed by atoms with Gasteiger partial charge in [0.2, 0.25) is 0 Å². The fourth-order valence-electron chi connectivity index (χ4n) is 15.2. The van der Waals surface area contributed by atoms with E-state index in [4.69, 9.17) is 27.9 Å². The first-order valence-electron chi connectivity index (χ1n) is 33.6. The van der Waals surface area contributed by atoms with E-state index in [2.05, 4.69) is 226 Å². The van der Waals surface area contributed by atoms with E-state index in [1.165, 1.54) is 101 Å². The molecule has 0 bridgehead atoms. The van der Waals surface area contributed by atoms with Crippen LogP contribution in [-0.4, -0.2) is 54.7 Å². The maximum atomic E-state index is 9.52. The van der Waals surface area contributed by atoms with Gasteiger partial charge in [0, 0.05) is 29.7 Å². The Morgan fingerprint density at radius 2 is 0.549 bits per heavy atom. The Morgan fingerprint density at radius 3 is 0.813 bits per heavy atom. The van der Waals surface area contributed by atoms with Crippen molar-refractivity contribution >= 4 is 74.4 Å². The zero-order chi connectivity index (χ0) is 66.5. The SMILES string of the molecule is CC1(C)OB(B2OC(C)(C)C(C)(C)O2)OC1(C)C.CCCC1(CCC)c2cc(Br)ccc2-c2ccc(Br)cc21.CCCC1(CCC)c2cc(Br)ccc2-c2ccc(C#N)cc21.CCCC1(CCC)c2cc(C#N)ccc2-c2ccc(B3OC(C)(C)C(C)(C)O3)cc21. The largest absolute Gasteiger partial charge is 0.494 e. The summed E-state index contributed by atoms with van der Waals surface area (Å²) < 4.78 is 40.0. The molecule has 0 radical (unpaired) electrons. The van der Waals surface area contributed by atoms with Gasteiger partial charge in [-0.1, -0.05) is 176 Å². The number of nitriles is 2. The maximum Gasteiger partial charge on any atom is 0.494 e. The van der Waals surface area contributed by atoms with E-state index in [0.717, 1.165) is 72.4 Å². The highest BCUT2D eigenvalue weighted by molar-refractivity contribution is 9.11. The normalized spacial score (nSPS) is 19.8. The van der Waals surface area contributed by atoms with E-state index in [1.807, 2.05) is 67.5 Å². The summed E-state index contributed by atoms with van der Waals surface area (Å²) in [5, 5.41) is 18.8. The summed E-state index contributed by atoms with van der Waals surface area (Å²) >= 11 is 11.0.